The van der Waals surface area contributed by atoms with Crippen LogP contribution in [-0.2, 0) is 6.54 Å². The van der Waals surface area contributed by atoms with E-state index in [4.69, 9.17) is 23.2 Å². The van der Waals surface area contributed by atoms with Crippen LogP contribution in [0, 0.1) is 5.41 Å². The Labute approximate surface area is 123 Å². The normalized spacial score (nSPS) is 18.7. The van der Waals surface area contributed by atoms with Crippen LogP contribution in [-0.4, -0.2) is 9.55 Å². The van der Waals surface area contributed by atoms with Crippen LogP contribution < -0.4 is 0 Å². The van der Waals surface area contributed by atoms with Crippen LogP contribution >= 0.6 is 23.2 Å². The Morgan fingerprint density at radius 3 is 2.74 bits per heavy atom. The Morgan fingerprint density at radius 1 is 1.42 bits per heavy atom. The van der Waals surface area contributed by atoms with Gasteiger partial charge in [0.1, 0.15) is 5.82 Å². The number of aromatic nitrogens is 2. The van der Waals surface area contributed by atoms with Gasteiger partial charge in [-0.3, -0.25) is 0 Å². The maximum atomic E-state index is 6.30. The number of imidazole rings is 1. The van der Waals surface area contributed by atoms with Crippen molar-refractivity contribution < 1.29 is 0 Å². The number of benzene rings is 1. The molecule has 102 valence electrons. The highest BCUT2D eigenvalue weighted by Gasteiger charge is 2.41. The van der Waals surface area contributed by atoms with Gasteiger partial charge in [-0.05, 0) is 49.8 Å². The Bertz CT molecular complexity index is 612. The molecular weight excluding hydrogens is 279 g/mol. The summed E-state index contributed by atoms with van der Waals surface area (Å²) in [6.07, 6.45) is 3.82. The minimum Gasteiger partial charge on any atom is -0.326 e. The summed E-state index contributed by atoms with van der Waals surface area (Å²) in [5.41, 5.74) is 2.55. The molecule has 2 nitrogen and oxygen atoms in total. The maximum Gasteiger partial charge on any atom is 0.127 e. The van der Waals surface area contributed by atoms with Crippen molar-refractivity contribution in [3.8, 4) is 0 Å². The Hall–Kier alpha value is -0.730. The molecule has 1 atom stereocenters. The number of rotatable bonds is 4. The zero-order valence-electron chi connectivity index (χ0n) is 11.3. The summed E-state index contributed by atoms with van der Waals surface area (Å²) in [6, 6.07) is 5.86. The van der Waals surface area contributed by atoms with E-state index in [1.165, 1.54) is 19.3 Å². The first-order valence-corrected chi connectivity index (χ1v) is 7.66. The number of alkyl halides is 1. The molecule has 4 heteroatoms. The van der Waals surface area contributed by atoms with Gasteiger partial charge in [0, 0.05) is 11.6 Å². The van der Waals surface area contributed by atoms with Crippen LogP contribution in [0.25, 0.3) is 11.0 Å². The quantitative estimate of drug-likeness (QED) is 0.711. The summed E-state index contributed by atoms with van der Waals surface area (Å²) in [7, 11) is 0. The first-order chi connectivity index (χ1) is 9.04. The minimum absolute atomic E-state index is 0.0844. The fourth-order valence-electron chi connectivity index (χ4n) is 2.72. The van der Waals surface area contributed by atoms with Crippen LogP contribution in [0.1, 0.15) is 44.3 Å². The monoisotopic (exact) mass is 296 g/mol. The van der Waals surface area contributed by atoms with E-state index in [0.29, 0.717) is 5.41 Å². The summed E-state index contributed by atoms with van der Waals surface area (Å²) in [5.74, 6) is 0.957. The van der Waals surface area contributed by atoms with Crippen LogP contribution in [0.4, 0.5) is 0 Å². The number of hydrogen-bond donors (Lipinski definition) is 0. The largest absolute Gasteiger partial charge is 0.326 e. The van der Waals surface area contributed by atoms with Crippen molar-refractivity contribution >= 4 is 34.2 Å². The molecule has 0 aliphatic heterocycles. The first-order valence-electron chi connectivity index (χ1n) is 6.84. The highest BCUT2D eigenvalue weighted by Crippen LogP contribution is 2.50. The molecule has 1 fully saturated rings. The van der Waals surface area contributed by atoms with E-state index in [0.717, 1.165) is 28.4 Å². The van der Waals surface area contributed by atoms with Crippen molar-refractivity contribution in [2.45, 2.75) is 45.0 Å². The van der Waals surface area contributed by atoms with E-state index in [1.807, 2.05) is 25.1 Å². The summed E-state index contributed by atoms with van der Waals surface area (Å²) in [5, 5.41) is 0.669. The number of halogens is 2. The van der Waals surface area contributed by atoms with Crippen molar-refractivity contribution in [1.82, 2.24) is 9.55 Å². The van der Waals surface area contributed by atoms with Gasteiger partial charge in [-0.2, -0.15) is 0 Å². The molecule has 1 aliphatic rings. The lowest BCUT2D eigenvalue weighted by Gasteiger charge is -2.17. The van der Waals surface area contributed by atoms with Crippen LogP contribution in [0.2, 0.25) is 5.02 Å². The molecule has 1 aromatic heterocycles. The van der Waals surface area contributed by atoms with E-state index in [2.05, 4.69) is 16.5 Å². The average Bonchev–Trinajstić information content (AvgIpc) is 3.07. The van der Waals surface area contributed by atoms with Crippen molar-refractivity contribution in [2.75, 3.05) is 0 Å². The molecule has 0 N–H and O–H groups in total. The molecule has 1 saturated carbocycles. The van der Waals surface area contributed by atoms with Crippen molar-refractivity contribution in [1.29, 1.82) is 0 Å². The lowest BCUT2D eigenvalue weighted by molar-refractivity contribution is 0.407. The molecule has 19 heavy (non-hydrogen) atoms. The van der Waals surface area contributed by atoms with E-state index in [9.17, 15) is 0 Å². The van der Waals surface area contributed by atoms with E-state index in [-0.39, 0.29) is 5.38 Å². The van der Waals surface area contributed by atoms with Gasteiger partial charge in [0.25, 0.3) is 0 Å². The molecule has 0 amide bonds. The minimum atomic E-state index is -0.0844. The first kappa shape index (κ1) is 13.3. The number of nitrogens with zero attached hydrogens (tertiary/aromatic N) is 2. The third-order valence-electron chi connectivity index (χ3n) is 4.30. The zero-order valence-corrected chi connectivity index (χ0v) is 12.8. The van der Waals surface area contributed by atoms with Crippen LogP contribution in [0.3, 0.4) is 0 Å². The highest BCUT2D eigenvalue weighted by atomic mass is 35.5. The van der Waals surface area contributed by atoms with Crippen molar-refractivity contribution in [3.63, 3.8) is 0 Å². The molecule has 1 unspecified atom stereocenters. The number of fused-ring (bicyclic) bond motifs is 1. The highest BCUT2D eigenvalue weighted by molar-refractivity contribution is 6.31. The molecule has 0 saturated heterocycles. The Balaban J connectivity index is 2.13. The predicted octanol–water partition coefficient (Wildman–Crippen LogP) is 5.18. The third kappa shape index (κ3) is 2.36. The van der Waals surface area contributed by atoms with Gasteiger partial charge >= 0.3 is 0 Å². The Kier molecular flexibility index (Phi) is 3.26. The van der Waals surface area contributed by atoms with Gasteiger partial charge in [0.2, 0.25) is 0 Å². The van der Waals surface area contributed by atoms with E-state index < -0.39 is 0 Å². The fourth-order valence-corrected chi connectivity index (χ4v) is 3.05. The SMILES string of the molecule is CCC1(Cn2c(C(C)Cl)nc3ccc(Cl)cc32)CC1. The third-order valence-corrected chi connectivity index (χ3v) is 4.73. The lowest BCUT2D eigenvalue weighted by Crippen LogP contribution is -2.13. The maximum absolute atomic E-state index is 6.30. The second kappa shape index (κ2) is 4.68. The zero-order chi connectivity index (χ0) is 13.6. The van der Waals surface area contributed by atoms with Gasteiger partial charge < -0.3 is 4.57 Å². The van der Waals surface area contributed by atoms with Gasteiger partial charge in [-0.25, -0.2) is 4.98 Å². The van der Waals surface area contributed by atoms with Gasteiger partial charge in [-0.1, -0.05) is 18.5 Å². The molecule has 1 aromatic carbocycles. The summed E-state index contributed by atoms with van der Waals surface area (Å²) in [6.45, 7) is 5.25. The second-order valence-electron chi connectivity index (χ2n) is 5.66. The average molecular weight is 297 g/mol. The lowest BCUT2D eigenvalue weighted by atomic mass is 10.0. The summed E-state index contributed by atoms with van der Waals surface area (Å²) in [4.78, 5) is 4.67. The van der Waals surface area contributed by atoms with E-state index >= 15 is 0 Å². The molecule has 3 rings (SSSR count). The smallest absolute Gasteiger partial charge is 0.127 e. The molecular formula is C15H18Cl2N2. The summed E-state index contributed by atoms with van der Waals surface area (Å²) < 4.78 is 2.27. The van der Waals surface area contributed by atoms with Gasteiger partial charge in [0.15, 0.2) is 0 Å². The van der Waals surface area contributed by atoms with Crippen LogP contribution in [0.5, 0.6) is 0 Å². The summed E-state index contributed by atoms with van der Waals surface area (Å²) >= 11 is 12.4. The predicted molar refractivity (Wildman–Crippen MR) is 81.0 cm³/mol. The molecule has 0 bridgehead atoms. The standard InChI is InChI=1S/C15H18Cl2N2/c1-3-15(6-7-15)9-19-13-8-11(17)4-5-12(13)18-14(19)10(2)16/h4-5,8,10H,3,6-7,9H2,1-2H3. The van der Waals surface area contributed by atoms with Gasteiger partial charge in [-0.15, -0.1) is 11.6 Å². The fraction of sp³-hybridized carbons (Fsp3) is 0.533. The van der Waals surface area contributed by atoms with Gasteiger partial charge in [0.05, 0.1) is 16.4 Å². The molecule has 0 radical (unpaired) electrons. The topological polar surface area (TPSA) is 17.8 Å². The number of hydrogen-bond acceptors (Lipinski definition) is 1. The van der Waals surface area contributed by atoms with Crippen molar-refractivity contribution in [3.05, 3.63) is 29.0 Å². The van der Waals surface area contributed by atoms with Crippen LogP contribution in [0.15, 0.2) is 18.2 Å². The molecule has 2 aromatic rings. The second-order valence-corrected chi connectivity index (χ2v) is 6.75. The van der Waals surface area contributed by atoms with E-state index in [1.54, 1.807) is 0 Å². The Morgan fingerprint density at radius 2 is 2.16 bits per heavy atom. The molecule has 1 heterocycles. The van der Waals surface area contributed by atoms with Crippen molar-refractivity contribution in [2.24, 2.45) is 5.41 Å². The molecule has 0 spiro atoms. The molecule has 1 aliphatic carbocycles.